The highest BCUT2D eigenvalue weighted by molar-refractivity contribution is 6.17. The Kier molecular flexibility index (Phi) is 3.33. The van der Waals surface area contributed by atoms with Crippen molar-refractivity contribution in [1.29, 1.82) is 5.41 Å². The summed E-state index contributed by atoms with van der Waals surface area (Å²) in [7, 11) is 0. The number of allylic oxidation sites excluding steroid dienone is 3. The van der Waals surface area contributed by atoms with Crippen molar-refractivity contribution in [2.45, 2.75) is 0 Å². The molecular weight excluding hydrogens is 230 g/mol. The number of anilines is 1. The number of nitrogens with one attached hydrogen (secondary N) is 2. The fourth-order valence-corrected chi connectivity index (χ4v) is 1.51. The number of carboxylic acid groups (broad SMARTS) is 1. The van der Waals surface area contributed by atoms with Crippen molar-refractivity contribution in [2.24, 2.45) is 0 Å². The first-order chi connectivity index (χ1) is 8.68. The highest BCUT2D eigenvalue weighted by atomic mass is 16.4. The summed E-state index contributed by atoms with van der Waals surface area (Å²) >= 11 is 0. The van der Waals surface area contributed by atoms with Crippen molar-refractivity contribution in [1.82, 2.24) is 4.98 Å². The van der Waals surface area contributed by atoms with Crippen LogP contribution in [0.25, 0.3) is 0 Å². The number of hydrogen-bond donors (Lipinski definition) is 3. The first kappa shape index (κ1) is 11.8. The third-order valence-corrected chi connectivity index (χ3v) is 2.38. The molecule has 0 fully saturated rings. The molecule has 0 radical (unpaired) electrons. The van der Waals surface area contributed by atoms with Gasteiger partial charge in [0.1, 0.15) is 0 Å². The van der Waals surface area contributed by atoms with Crippen molar-refractivity contribution in [3.63, 3.8) is 0 Å². The van der Waals surface area contributed by atoms with Gasteiger partial charge in [0.15, 0.2) is 0 Å². The maximum absolute atomic E-state index is 11.0. The van der Waals surface area contributed by atoms with Crippen LogP contribution in [0.1, 0.15) is 0 Å². The lowest BCUT2D eigenvalue weighted by atomic mass is 9.97. The van der Waals surface area contributed by atoms with Crippen LogP contribution in [-0.4, -0.2) is 21.8 Å². The van der Waals surface area contributed by atoms with E-state index >= 15 is 0 Å². The largest absolute Gasteiger partial charge is 0.478 e. The Balaban J connectivity index is 2.25. The van der Waals surface area contributed by atoms with Gasteiger partial charge in [0, 0.05) is 18.0 Å². The summed E-state index contributed by atoms with van der Waals surface area (Å²) in [5, 5.41) is 19.7. The lowest BCUT2D eigenvalue weighted by Crippen LogP contribution is -2.13. The van der Waals surface area contributed by atoms with Crippen molar-refractivity contribution < 1.29 is 9.90 Å². The number of pyridine rings is 1. The summed E-state index contributed by atoms with van der Waals surface area (Å²) in [5.74, 6) is -1.05. The van der Waals surface area contributed by atoms with Gasteiger partial charge in [-0.2, -0.15) is 0 Å². The topological polar surface area (TPSA) is 86.1 Å². The molecule has 0 aromatic carbocycles. The zero-order valence-corrected chi connectivity index (χ0v) is 9.42. The first-order valence-electron chi connectivity index (χ1n) is 5.26. The first-order valence-corrected chi connectivity index (χ1v) is 5.26. The second kappa shape index (κ2) is 5.09. The molecular formula is C13H11N3O2. The molecule has 1 aliphatic rings. The maximum Gasteiger partial charge on any atom is 0.336 e. The second-order valence-electron chi connectivity index (χ2n) is 3.60. The standard InChI is InChI=1S/C13H11N3O2/c14-12-5-1-4-10(13(17)18)11(12)8-16-9-3-2-6-15-7-9/h1-8,14,16H,(H,17,18)/b11-8-,14-12?. The van der Waals surface area contributed by atoms with Crippen LogP contribution in [0.5, 0.6) is 0 Å². The lowest BCUT2D eigenvalue weighted by Gasteiger charge is -2.11. The minimum atomic E-state index is -1.05. The summed E-state index contributed by atoms with van der Waals surface area (Å²) < 4.78 is 0. The molecule has 0 aliphatic heterocycles. The van der Waals surface area contributed by atoms with E-state index in [2.05, 4.69) is 10.3 Å². The minimum Gasteiger partial charge on any atom is -0.478 e. The van der Waals surface area contributed by atoms with Crippen LogP contribution in [-0.2, 0) is 4.79 Å². The van der Waals surface area contributed by atoms with Gasteiger partial charge in [-0.25, -0.2) is 4.79 Å². The van der Waals surface area contributed by atoms with Gasteiger partial charge in [0.05, 0.1) is 23.2 Å². The van der Waals surface area contributed by atoms with Crippen molar-refractivity contribution in [3.05, 3.63) is 60.1 Å². The smallest absolute Gasteiger partial charge is 0.336 e. The van der Waals surface area contributed by atoms with Crippen LogP contribution in [0.3, 0.4) is 0 Å². The monoisotopic (exact) mass is 241 g/mol. The quantitative estimate of drug-likeness (QED) is 0.755. The minimum absolute atomic E-state index is 0.0962. The van der Waals surface area contributed by atoms with Gasteiger partial charge in [-0.1, -0.05) is 6.08 Å². The molecule has 0 spiro atoms. The van der Waals surface area contributed by atoms with Gasteiger partial charge in [-0.05, 0) is 24.3 Å². The zero-order chi connectivity index (χ0) is 13.0. The molecule has 0 saturated carbocycles. The predicted molar refractivity (Wildman–Crippen MR) is 68.5 cm³/mol. The predicted octanol–water partition coefficient (Wildman–Crippen LogP) is 1.98. The molecule has 0 saturated heterocycles. The molecule has 3 N–H and O–H groups in total. The van der Waals surface area contributed by atoms with E-state index in [0.29, 0.717) is 5.57 Å². The van der Waals surface area contributed by atoms with Crippen molar-refractivity contribution in [3.8, 4) is 0 Å². The molecule has 1 heterocycles. The zero-order valence-electron chi connectivity index (χ0n) is 9.42. The van der Waals surface area contributed by atoms with Crippen LogP contribution < -0.4 is 5.32 Å². The Labute approximate surface area is 104 Å². The van der Waals surface area contributed by atoms with Crippen LogP contribution in [0, 0.1) is 5.41 Å². The van der Waals surface area contributed by atoms with Crippen LogP contribution >= 0.6 is 0 Å². The van der Waals surface area contributed by atoms with E-state index in [1.54, 1.807) is 36.7 Å². The molecule has 2 rings (SSSR count). The van der Waals surface area contributed by atoms with E-state index in [9.17, 15) is 4.79 Å². The lowest BCUT2D eigenvalue weighted by molar-refractivity contribution is -0.132. The fourth-order valence-electron chi connectivity index (χ4n) is 1.51. The number of nitrogens with zero attached hydrogens (tertiary/aromatic N) is 1. The van der Waals surface area contributed by atoms with Crippen LogP contribution in [0.4, 0.5) is 5.69 Å². The number of carboxylic acids is 1. The number of rotatable bonds is 3. The molecule has 0 atom stereocenters. The molecule has 90 valence electrons. The summed E-state index contributed by atoms with van der Waals surface area (Å²) in [6, 6.07) is 3.57. The van der Waals surface area contributed by atoms with E-state index in [0.717, 1.165) is 5.69 Å². The molecule has 0 amide bonds. The van der Waals surface area contributed by atoms with Gasteiger partial charge in [0.25, 0.3) is 0 Å². The molecule has 1 aliphatic carbocycles. The van der Waals surface area contributed by atoms with E-state index in [1.807, 2.05) is 0 Å². The van der Waals surface area contributed by atoms with Gasteiger partial charge in [-0.15, -0.1) is 0 Å². The molecule has 5 heteroatoms. The highest BCUT2D eigenvalue weighted by Crippen LogP contribution is 2.17. The fraction of sp³-hybridized carbons (Fsp3) is 0. The molecule has 18 heavy (non-hydrogen) atoms. The number of hydrogen-bond acceptors (Lipinski definition) is 4. The summed E-state index contributed by atoms with van der Waals surface area (Å²) in [6.45, 7) is 0. The number of aliphatic carboxylic acids is 1. The SMILES string of the molecule is N=C1C=CC=C(C(=O)O)/C1=C/Nc1cccnc1. The molecule has 1 aromatic heterocycles. The second-order valence-corrected chi connectivity index (χ2v) is 3.60. The Hall–Kier alpha value is -2.69. The average Bonchev–Trinajstić information content (AvgIpc) is 2.38. The number of carbonyl (C=O) groups is 1. The normalized spacial score (nSPS) is 16.6. The Bertz CT molecular complexity index is 571. The van der Waals surface area contributed by atoms with Crippen molar-refractivity contribution >= 4 is 17.4 Å². The summed E-state index contributed by atoms with van der Waals surface area (Å²) in [5.41, 5.74) is 1.33. The van der Waals surface area contributed by atoms with E-state index in [1.165, 1.54) is 12.3 Å². The van der Waals surface area contributed by atoms with E-state index in [4.69, 9.17) is 10.5 Å². The van der Waals surface area contributed by atoms with Crippen molar-refractivity contribution in [2.75, 3.05) is 5.32 Å². The average molecular weight is 241 g/mol. The van der Waals surface area contributed by atoms with Crippen LogP contribution in [0.15, 0.2) is 60.1 Å². The molecule has 1 aromatic rings. The third kappa shape index (κ3) is 2.52. The van der Waals surface area contributed by atoms with E-state index in [-0.39, 0.29) is 11.3 Å². The van der Waals surface area contributed by atoms with Gasteiger partial charge in [-0.3, -0.25) is 4.98 Å². The van der Waals surface area contributed by atoms with Gasteiger partial charge >= 0.3 is 5.97 Å². The molecule has 5 nitrogen and oxygen atoms in total. The Morgan fingerprint density at radius 2 is 2.33 bits per heavy atom. The van der Waals surface area contributed by atoms with Gasteiger partial charge < -0.3 is 15.8 Å². The summed E-state index contributed by atoms with van der Waals surface area (Å²) in [6.07, 6.45) is 9.33. The third-order valence-electron chi connectivity index (χ3n) is 2.38. The van der Waals surface area contributed by atoms with Crippen LogP contribution in [0.2, 0.25) is 0 Å². The summed E-state index contributed by atoms with van der Waals surface area (Å²) in [4.78, 5) is 15.0. The Morgan fingerprint density at radius 3 is 3.00 bits per heavy atom. The van der Waals surface area contributed by atoms with E-state index < -0.39 is 5.97 Å². The maximum atomic E-state index is 11.0. The van der Waals surface area contributed by atoms with Gasteiger partial charge in [0.2, 0.25) is 0 Å². The molecule has 0 bridgehead atoms. The number of aromatic nitrogens is 1. The highest BCUT2D eigenvalue weighted by Gasteiger charge is 2.17. The Morgan fingerprint density at radius 1 is 1.50 bits per heavy atom. The molecule has 0 unspecified atom stereocenters.